The molecule has 2 rings (SSSR count). The first-order valence-electron chi connectivity index (χ1n) is 6.39. The Bertz CT molecular complexity index is 536. The summed E-state index contributed by atoms with van der Waals surface area (Å²) in [6, 6.07) is 6.24. The molecular formula is C14H20N4O. The summed E-state index contributed by atoms with van der Waals surface area (Å²) in [5.74, 6) is 3.56. The van der Waals surface area contributed by atoms with Crippen molar-refractivity contribution in [3.8, 4) is 0 Å². The highest BCUT2D eigenvalue weighted by Gasteiger charge is 2.08. The topological polar surface area (TPSA) is 54.2 Å². The van der Waals surface area contributed by atoms with Crippen LogP contribution in [0.5, 0.6) is 0 Å². The Labute approximate surface area is 113 Å². The van der Waals surface area contributed by atoms with E-state index in [-0.39, 0.29) is 0 Å². The maximum Gasteiger partial charge on any atom is 0.134 e. The standard InChI is InChI=1S/C14H20N4O/c1-10(2)17-13-7-14(16-9-15-13)18(4)8-12-6-5-11(3)19-12/h5-7,9-10H,8H2,1-4H3,(H,15,16,17). The number of hydrogen-bond acceptors (Lipinski definition) is 5. The minimum atomic E-state index is 0.348. The third-order valence-electron chi connectivity index (χ3n) is 2.67. The van der Waals surface area contributed by atoms with E-state index in [1.54, 1.807) is 6.33 Å². The van der Waals surface area contributed by atoms with Gasteiger partial charge >= 0.3 is 0 Å². The Kier molecular flexibility index (Phi) is 4.04. The number of rotatable bonds is 5. The second-order valence-corrected chi connectivity index (χ2v) is 4.93. The molecule has 0 fully saturated rings. The number of anilines is 2. The minimum Gasteiger partial charge on any atom is -0.464 e. The molecule has 5 heteroatoms. The van der Waals surface area contributed by atoms with Crippen LogP contribution in [0.15, 0.2) is 28.9 Å². The van der Waals surface area contributed by atoms with Gasteiger partial charge in [-0.25, -0.2) is 9.97 Å². The first-order chi connectivity index (χ1) is 9.04. The molecule has 0 radical (unpaired) electrons. The third kappa shape index (κ3) is 3.71. The lowest BCUT2D eigenvalue weighted by Gasteiger charge is -2.17. The van der Waals surface area contributed by atoms with Crippen molar-refractivity contribution in [1.82, 2.24) is 9.97 Å². The van der Waals surface area contributed by atoms with Gasteiger partial charge in [-0.2, -0.15) is 0 Å². The molecule has 1 N–H and O–H groups in total. The van der Waals surface area contributed by atoms with Gasteiger partial charge in [0.1, 0.15) is 29.5 Å². The van der Waals surface area contributed by atoms with Crippen LogP contribution in [0.3, 0.4) is 0 Å². The highest BCUT2D eigenvalue weighted by Crippen LogP contribution is 2.17. The fraction of sp³-hybridized carbons (Fsp3) is 0.429. The highest BCUT2D eigenvalue weighted by atomic mass is 16.3. The Balaban J connectivity index is 2.08. The molecule has 0 aliphatic heterocycles. The van der Waals surface area contributed by atoms with E-state index in [9.17, 15) is 0 Å². The average Bonchev–Trinajstić information content (AvgIpc) is 2.74. The van der Waals surface area contributed by atoms with Gasteiger partial charge in [-0.15, -0.1) is 0 Å². The lowest BCUT2D eigenvalue weighted by atomic mass is 10.3. The zero-order valence-corrected chi connectivity index (χ0v) is 11.8. The number of nitrogens with one attached hydrogen (secondary N) is 1. The maximum absolute atomic E-state index is 5.57. The van der Waals surface area contributed by atoms with Crippen molar-refractivity contribution in [1.29, 1.82) is 0 Å². The predicted molar refractivity (Wildman–Crippen MR) is 76.3 cm³/mol. The van der Waals surface area contributed by atoms with Crippen LogP contribution in [0.2, 0.25) is 0 Å². The van der Waals surface area contributed by atoms with Crippen LogP contribution in [-0.2, 0) is 6.54 Å². The van der Waals surface area contributed by atoms with Crippen LogP contribution in [0, 0.1) is 6.92 Å². The van der Waals surface area contributed by atoms with Crippen molar-refractivity contribution in [3.05, 3.63) is 36.0 Å². The Morgan fingerprint density at radius 3 is 2.74 bits per heavy atom. The van der Waals surface area contributed by atoms with Gasteiger partial charge in [-0.05, 0) is 32.9 Å². The van der Waals surface area contributed by atoms with Crippen LogP contribution >= 0.6 is 0 Å². The van der Waals surface area contributed by atoms with Crippen LogP contribution in [0.4, 0.5) is 11.6 Å². The van der Waals surface area contributed by atoms with E-state index < -0.39 is 0 Å². The van der Waals surface area contributed by atoms with Crippen LogP contribution in [0.1, 0.15) is 25.4 Å². The summed E-state index contributed by atoms with van der Waals surface area (Å²) in [6.07, 6.45) is 1.57. The molecule has 19 heavy (non-hydrogen) atoms. The summed E-state index contributed by atoms with van der Waals surface area (Å²) in [5.41, 5.74) is 0. The molecule has 0 bridgehead atoms. The largest absolute Gasteiger partial charge is 0.464 e. The summed E-state index contributed by atoms with van der Waals surface area (Å²) in [7, 11) is 1.99. The first kappa shape index (κ1) is 13.4. The lowest BCUT2D eigenvalue weighted by Crippen LogP contribution is -2.18. The van der Waals surface area contributed by atoms with Crippen molar-refractivity contribution >= 4 is 11.6 Å². The molecule has 0 amide bonds. The molecule has 0 saturated heterocycles. The number of nitrogens with zero attached hydrogens (tertiary/aromatic N) is 3. The molecule has 0 saturated carbocycles. The summed E-state index contributed by atoms with van der Waals surface area (Å²) in [4.78, 5) is 10.5. The normalized spacial score (nSPS) is 10.8. The number of furan rings is 1. The van der Waals surface area contributed by atoms with E-state index >= 15 is 0 Å². The van der Waals surface area contributed by atoms with Crippen LogP contribution < -0.4 is 10.2 Å². The van der Waals surface area contributed by atoms with E-state index in [0.717, 1.165) is 23.2 Å². The minimum absolute atomic E-state index is 0.348. The van der Waals surface area contributed by atoms with E-state index in [1.165, 1.54) is 0 Å². The van der Waals surface area contributed by atoms with E-state index in [1.807, 2.05) is 37.1 Å². The maximum atomic E-state index is 5.57. The number of hydrogen-bond donors (Lipinski definition) is 1. The lowest BCUT2D eigenvalue weighted by molar-refractivity contribution is 0.481. The average molecular weight is 260 g/mol. The van der Waals surface area contributed by atoms with Gasteiger partial charge in [0.05, 0.1) is 6.54 Å². The number of aryl methyl sites for hydroxylation is 1. The second kappa shape index (κ2) is 5.73. The molecule has 0 aliphatic carbocycles. The first-order valence-corrected chi connectivity index (χ1v) is 6.39. The zero-order valence-electron chi connectivity index (χ0n) is 11.8. The molecule has 2 aromatic heterocycles. The van der Waals surface area contributed by atoms with Gasteiger partial charge in [0.2, 0.25) is 0 Å². The predicted octanol–water partition coefficient (Wildman–Crippen LogP) is 2.83. The fourth-order valence-electron chi connectivity index (χ4n) is 1.82. The molecule has 0 aromatic carbocycles. The second-order valence-electron chi connectivity index (χ2n) is 4.93. The molecule has 0 unspecified atom stereocenters. The molecule has 0 spiro atoms. The van der Waals surface area contributed by atoms with E-state index in [0.29, 0.717) is 12.6 Å². The van der Waals surface area contributed by atoms with Gasteiger partial charge in [0.25, 0.3) is 0 Å². The summed E-state index contributed by atoms with van der Waals surface area (Å²) < 4.78 is 5.57. The molecule has 0 aliphatic rings. The third-order valence-corrected chi connectivity index (χ3v) is 2.67. The van der Waals surface area contributed by atoms with Crippen molar-refractivity contribution < 1.29 is 4.42 Å². The van der Waals surface area contributed by atoms with Crippen molar-refractivity contribution in [2.75, 3.05) is 17.3 Å². The smallest absolute Gasteiger partial charge is 0.134 e. The van der Waals surface area contributed by atoms with Crippen molar-refractivity contribution in [2.45, 2.75) is 33.4 Å². The molecule has 2 heterocycles. The summed E-state index contributed by atoms with van der Waals surface area (Å²) >= 11 is 0. The Morgan fingerprint density at radius 1 is 1.32 bits per heavy atom. The van der Waals surface area contributed by atoms with Crippen LogP contribution in [0.25, 0.3) is 0 Å². The van der Waals surface area contributed by atoms with Gasteiger partial charge in [-0.3, -0.25) is 0 Å². The van der Waals surface area contributed by atoms with E-state index in [2.05, 4.69) is 29.1 Å². The van der Waals surface area contributed by atoms with Crippen LogP contribution in [-0.4, -0.2) is 23.1 Å². The monoisotopic (exact) mass is 260 g/mol. The summed E-state index contributed by atoms with van der Waals surface area (Å²) in [6.45, 7) is 6.79. The van der Waals surface area contributed by atoms with Gasteiger partial charge in [0, 0.05) is 19.2 Å². The van der Waals surface area contributed by atoms with Gasteiger partial charge < -0.3 is 14.6 Å². The quantitative estimate of drug-likeness (QED) is 0.896. The van der Waals surface area contributed by atoms with E-state index in [4.69, 9.17) is 4.42 Å². The Hall–Kier alpha value is -2.04. The Morgan fingerprint density at radius 2 is 2.11 bits per heavy atom. The molecular weight excluding hydrogens is 240 g/mol. The molecule has 0 atom stereocenters. The summed E-state index contributed by atoms with van der Waals surface area (Å²) in [5, 5.41) is 3.27. The molecule has 102 valence electrons. The molecule has 2 aromatic rings. The van der Waals surface area contributed by atoms with Crippen molar-refractivity contribution in [2.24, 2.45) is 0 Å². The zero-order chi connectivity index (χ0) is 13.8. The SMILES string of the molecule is Cc1ccc(CN(C)c2cc(NC(C)C)ncn2)o1. The number of aromatic nitrogens is 2. The van der Waals surface area contributed by atoms with Gasteiger partial charge in [0.15, 0.2) is 0 Å². The van der Waals surface area contributed by atoms with Gasteiger partial charge in [-0.1, -0.05) is 0 Å². The molecule has 5 nitrogen and oxygen atoms in total. The fourth-order valence-corrected chi connectivity index (χ4v) is 1.82. The highest BCUT2D eigenvalue weighted by molar-refractivity contribution is 5.48. The van der Waals surface area contributed by atoms with Crippen molar-refractivity contribution in [3.63, 3.8) is 0 Å².